The molecular weight excluding hydrogens is 310 g/mol. The Morgan fingerprint density at radius 1 is 1.26 bits per heavy atom. The van der Waals surface area contributed by atoms with Gasteiger partial charge >= 0.3 is 5.69 Å². The summed E-state index contributed by atoms with van der Waals surface area (Å²) < 4.78 is 1.47. The topological polar surface area (TPSA) is 58.1 Å². The van der Waals surface area contributed by atoms with E-state index in [9.17, 15) is 9.59 Å². The zero-order valence-electron chi connectivity index (χ0n) is 13.8. The molecule has 1 fully saturated rings. The molecule has 0 atom stereocenters. The Labute approximate surface area is 140 Å². The van der Waals surface area contributed by atoms with Crippen LogP contribution in [0.25, 0.3) is 11.0 Å². The van der Waals surface area contributed by atoms with Gasteiger partial charge in [-0.15, -0.1) is 11.8 Å². The molecule has 0 radical (unpaired) electrons. The lowest BCUT2D eigenvalue weighted by atomic mass is 10.0. The maximum Gasteiger partial charge on any atom is 0.326 e. The highest BCUT2D eigenvalue weighted by Gasteiger charge is 2.34. The van der Waals surface area contributed by atoms with Crippen molar-refractivity contribution in [2.45, 2.75) is 37.5 Å². The molecule has 1 aromatic carbocycles. The molecule has 0 unspecified atom stereocenters. The zero-order chi connectivity index (χ0) is 16.6. The fourth-order valence-electron chi connectivity index (χ4n) is 3.23. The summed E-state index contributed by atoms with van der Waals surface area (Å²) in [6.07, 6.45) is 3.60. The maximum absolute atomic E-state index is 12.6. The Morgan fingerprint density at radius 2 is 1.91 bits per heavy atom. The summed E-state index contributed by atoms with van der Waals surface area (Å²) in [5, 5.41) is 0. The van der Waals surface area contributed by atoms with Crippen molar-refractivity contribution in [2.24, 2.45) is 0 Å². The number of amides is 1. The zero-order valence-corrected chi connectivity index (χ0v) is 14.7. The normalized spacial score (nSPS) is 16.9. The van der Waals surface area contributed by atoms with Crippen molar-refractivity contribution in [3.63, 3.8) is 0 Å². The number of carbonyl (C=O) groups excluding carboxylic acids is 1. The van der Waals surface area contributed by atoms with Gasteiger partial charge < -0.3 is 9.88 Å². The molecule has 0 spiro atoms. The smallest absolute Gasteiger partial charge is 0.326 e. The number of nitrogens with one attached hydrogen (secondary N) is 1. The van der Waals surface area contributed by atoms with Gasteiger partial charge in [0.15, 0.2) is 0 Å². The number of thioether (sulfide) groups is 1. The molecule has 0 saturated carbocycles. The van der Waals surface area contributed by atoms with Gasteiger partial charge in [0, 0.05) is 19.1 Å². The molecule has 1 N–H and O–H groups in total. The number of piperidine rings is 1. The van der Waals surface area contributed by atoms with Crippen molar-refractivity contribution >= 4 is 28.7 Å². The lowest BCUT2D eigenvalue weighted by Gasteiger charge is -2.36. The van der Waals surface area contributed by atoms with E-state index in [1.807, 2.05) is 53.8 Å². The van der Waals surface area contributed by atoms with E-state index in [1.165, 1.54) is 0 Å². The molecule has 0 aliphatic carbocycles. The molecule has 2 aromatic rings. The van der Waals surface area contributed by atoms with Gasteiger partial charge in [-0.05, 0) is 45.1 Å². The number of aromatic amines is 1. The van der Waals surface area contributed by atoms with Crippen LogP contribution in [0.2, 0.25) is 0 Å². The first kappa shape index (κ1) is 16.2. The van der Waals surface area contributed by atoms with Gasteiger partial charge in [-0.25, -0.2) is 4.79 Å². The van der Waals surface area contributed by atoms with Crippen molar-refractivity contribution in [1.82, 2.24) is 14.5 Å². The van der Waals surface area contributed by atoms with Crippen molar-refractivity contribution in [2.75, 3.05) is 19.3 Å². The van der Waals surface area contributed by atoms with Crippen molar-refractivity contribution < 1.29 is 4.79 Å². The number of fused-ring (bicyclic) bond motifs is 1. The SMILES string of the molecule is CSC(C)(C)C(=O)N1CCC(n2c(=O)[nH]c3ccccc32)CC1. The minimum Gasteiger partial charge on any atom is -0.341 e. The molecule has 1 aliphatic rings. The standard InChI is InChI=1S/C17H23N3O2S/c1-17(2,23-3)15(21)19-10-8-12(9-11-19)20-14-7-5-4-6-13(14)18-16(20)22/h4-7,12H,8-11H2,1-3H3,(H,18,22). The third-order valence-corrected chi connectivity index (χ3v) is 5.96. The second kappa shape index (κ2) is 6.07. The van der Waals surface area contributed by atoms with Gasteiger partial charge in [0.05, 0.1) is 15.8 Å². The van der Waals surface area contributed by atoms with Crippen LogP contribution in [0.15, 0.2) is 29.1 Å². The minimum absolute atomic E-state index is 0.0552. The third-order valence-electron chi connectivity index (χ3n) is 4.77. The van der Waals surface area contributed by atoms with E-state index < -0.39 is 0 Å². The van der Waals surface area contributed by atoms with Gasteiger partial charge in [-0.2, -0.15) is 0 Å². The Bertz CT molecular complexity index is 769. The van der Waals surface area contributed by atoms with Crippen LogP contribution in [-0.4, -0.2) is 44.5 Å². The van der Waals surface area contributed by atoms with Gasteiger partial charge in [-0.3, -0.25) is 9.36 Å². The number of H-pyrrole nitrogens is 1. The Morgan fingerprint density at radius 3 is 2.57 bits per heavy atom. The second-order valence-electron chi connectivity index (χ2n) is 6.56. The predicted octanol–water partition coefficient (Wildman–Crippen LogP) is 2.63. The average molecular weight is 333 g/mol. The quantitative estimate of drug-likeness (QED) is 0.939. The van der Waals surface area contributed by atoms with Crippen LogP contribution in [0.1, 0.15) is 32.7 Å². The third kappa shape index (κ3) is 2.92. The molecule has 2 heterocycles. The Kier molecular flexibility index (Phi) is 4.27. The van der Waals surface area contributed by atoms with E-state index in [-0.39, 0.29) is 22.4 Å². The van der Waals surface area contributed by atoms with Crippen molar-refractivity contribution in [3.05, 3.63) is 34.7 Å². The van der Waals surface area contributed by atoms with E-state index in [2.05, 4.69) is 4.98 Å². The highest BCUT2D eigenvalue weighted by atomic mass is 32.2. The summed E-state index contributed by atoms with van der Waals surface area (Å²) in [5.41, 5.74) is 1.77. The number of imidazole rings is 1. The van der Waals surface area contributed by atoms with Gasteiger partial charge in [-0.1, -0.05) is 12.1 Å². The summed E-state index contributed by atoms with van der Waals surface area (Å²) >= 11 is 1.58. The number of para-hydroxylation sites is 2. The number of aromatic nitrogens is 2. The number of nitrogens with zero attached hydrogens (tertiary/aromatic N) is 2. The molecular formula is C17H23N3O2S. The minimum atomic E-state index is -0.384. The number of rotatable bonds is 3. The first-order valence-electron chi connectivity index (χ1n) is 7.98. The predicted molar refractivity (Wildman–Crippen MR) is 95.0 cm³/mol. The van der Waals surface area contributed by atoms with Crippen LogP contribution in [-0.2, 0) is 4.79 Å². The van der Waals surface area contributed by atoms with E-state index in [0.717, 1.165) is 23.9 Å². The highest BCUT2D eigenvalue weighted by Crippen LogP contribution is 2.29. The number of benzene rings is 1. The Hall–Kier alpha value is -1.69. The first-order chi connectivity index (χ1) is 10.9. The Balaban J connectivity index is 1.78. The highest BCUT2D eigenvalue weighted by molar-refractivity contribution is 8.00. The summed E-state index contributed by atoms with van der Waals surface area (Å²) in [6.45, 7) is 5.35. The summed E-state index contributed by atoms with van der Waals surface area (Å²) in [7, 11) is 0. The molecule has 23 heavy (non-hydrogen) atoms. The summed E-state index contributed by atoms with van der Waals surface area (Å²) in [6, 6.07) is 7.93. The van der Waals surface area contributed by atoms with Crippen LogP contribution in [0, 0.1) is 0 Å². The average Bonchev–Trinajstić information content (AvgIpc) is 2.90. The van der Waals surface area contributed by atoms with Crippen molar-refractivity contribution in [1.29, 1.82) is 0 Å². The van der Waals surface area contributed by atoms with Crippen LogP contribution in [0.4, 0.5) is 0 Å². The van der Waals surface area contributed by atoms with Gasteiger partial charge in [0.1, 0.15) is 0 Å². The molecule has 3 rings (SSSR count). The molecule has 1 saturated heterocycles. The summed E-state index contributed by atoms with van der Waals surface area (Å²) in [4.78, 5) is 29.7. The van der Waals surface area contributed by atoms with E-state index in [1.54, 1.807) is 11.8 Å². The fourth-order valence-corrected chi connectivity index (χ4v) is 3.54. The van der Waals surface area contributed by atoms with Crippen LogP contribution >= 0.6 is 11.8 Å². The lowest BCUT2D eigenvalue weighted by Crippen LogP contribution is -2.47. The van der Waals surface area contributed by atoms with Gasteiger partial charge in [0.25, 0.3) is 0 Å². The van der Waals surface area contributed by atoms with Gasteiger partial charge in [0.2, 0.25) is 5.91 Å². The monoisotopic (exact) mass is 333 g/mol. The maximum atomic E-state index is 12.6. The molecule has 1 aliphatic heterocycles. The van der Waals surface area contributed by atoms with Crippen molar-refractivity contribution in [3.8, 4) is 0 Å². The second-order valence-corrected chi connectivity index (χ2v) is 7.98. The number of hydrogen-bond donors (Lipinski definition) is 1. The molecule has 0 bridgehead atoms. The molecule has 1 aromatic heterocycles. The largest absolute Gasteiger partial charge is 0.341 e. The molecule has 5 nitrogen and oxygen atoms in total. The number of hydrogen-bond acceptors (Lipinski definition) is 3. The molecule has 124 valence electrons. The first-order valence-corrected chi connectivity index (χ1v) is 9.20. The van der Waals surface area contributed by atoms with Crippen LogP contribution < -0.4 is 5.69 Å². The van der Waals surface area contributed by atoms with E-state index in [0.29, 0.717) is 13.1 Å². The van der Waals surface area contributed by atoms with Crippen LogP contribution in [0.3, 0.4) is 0 Å². The number of likely N-dealkylation sites (tertiary alicyclic amines) is 1. The fraction of sp³-hybridized carbons (Fsp3) is 0.529. The molecule has 6 heteroatoms. The lowest BCUT2D eigenvalue weighted by molar-refractivity contribution is -0.134. The molecule has 1 amide bonds. The summed E-state index contributed by atoms with van der Waals surface area (Å²) in [5.74, 6) is 0.190. The van der Waals surface area contributed by atoms with E-state index in [4.69, 9.17) is 0 Å². The van der Waals surface area contributed by atoms with Crippen LogP contribution in [0.5, 0.6) is 0 Å². The van der Waals surface area contributed by atoms with E-state index >= 15 is 0 Å². The number of carbonyl (C=O) groups is 1.